The van der Waals surface area contributed by atoms with Crippen LogP contribution in [-0.4, -0.2) is 32.0 Å². The number of methoxy groups -OCH3 is 1. The summed E-state index contributed by atoms with van der Waals surface area (Å²) < 4.78 is 5.22. The zero-order valence-electron chi connectivity index (χ0n) is 12.0. The lowest BCUT2D eigenvalue weighted by Gasteiger charge is -2.06. The van der Waals surface area contributed by atoms with Gasteiger partial charge in [0.25, 0.3) is 0 Å². The molecular formula is C15H20N2O3. The van der Waals surface area contributed by atoms with Gasteiger partial charge in [-0.2, -0.15) is 0 Å². The van der Waals surface area contributed by atoms with Gasteiger partial charge in [-0.15, -0.1) is 0 Å². The molecular weight excluding hydrogens is 256 g/mol. The summed E-state index contributed by atoms with van der Waals surface area (Å²) in [6.07, 6.45) is 3.05. The number of benzene rings is 1. The lowest BCUT2D eigenvalue weighted by molar-refractivity contribution is -0.123. The van der Waals surface area contributed by atoms with Gasteiger partial charge >= 0.3 is 0 Å². The van der Waals surface area contributed by atoms with Crippen molar-refractivity contribution in [3.63, 3.8) is 0 Å². The summed E-state index contributed by atoms with van der Waals surface area (Å²) in [5.74, 6) is 0.172. The summed E-state index contributed by atoms with van der Waals surface area (Å²) in [7, 11) is 1.58. The number of likely N-dealkylation sites (N-methyl/N-ethyl adjacent to an activating group) is 1. The first-order chi connectivity index (χ1) is 9.56. The molecule has 1 aromatic carbocycles. The van der Waals surface area contributed by atoms with Crippen LogP contribution in [0, 0.1) is 6.92 Å². The van der Waals surface area contributed by atoms with Gasteiger partial charge in [0.15, 0.2) is 0 Å². The van der Waals surface area contributed by atoms with Crippen molar-refractivity contribution in [1.82, 2.24) is 10.6 Å². The molecule has 0 aliphatic carbocycles. The van der Waals surface area contributed by atoms with E-state index < -0.39 is 0 Å². The maximum absolute atomic E-state index is 11.6. The maximum Gasteiger partial charge on any atom is 0.244 e. The van der Waals surface area contributed by atoms with Crippen molar-refractivity contribution in [2.24, 2.45) is 0 Å². The summed E-state index contributed by atoms with van der Waals surface area (Å²) in [5, 5.41) is 5.11. The Morgan fingerprint density at radius 2 is 2.05 bits per heavy atom. The van der Waals surface area contributed by atoms with Gasteiger partial charge in [-0.05, 0) is 32.1 Å². The van der Waals surface area contributed by atoms with Gasteiger partial charge < -0.3 is 15.4 Å². The molecule has 5 nitrogen and oxygen atoms in total. The number of carbonyl (C=O) groups excluding carboxylic acids is 2. The molecule has 0 heterocycles. The minimum absolute atomic E-state index is 0.0258. The molecule has 0 atom stereocenters. The molecule has 108 valence electrons. The van der Waals surface area contributed by atoms with Crippen LogP contribution in [0.1, 0.15) is 18.1 Å². The van der Waals surface area contributed by atoms with Crippen molar-refractivity contribution < 1.29 is 14.3 Å². The fraction of sp³-hybridized carbons (Fsp3) is 0.333. The molecule has 1 aromatic rings. The van der Waals surface area contributed by atoms with Gasteiger partial charge in [0.2, 0.25) is 11.8 Å². The number of nitrogens with one attached hydrogen (secondary N) is 2. The first kappa shape index (κ1) is 15.8. The highest BCUT2D eigenvalue weighted by Crippen LogP contribution is 2.20. The third kappa shape index (κ3) is 5.14. The highest BCUT2D eigenvalue weighted by molar-refractivity contribution is 5.94. The second-order valence-electron chi connectivity index (χ2n) is 4.25. The van der Waals surface area contributed by atoms with Crippen molar-refractivity contribution in [3.05, 3.63) is 35.4 Å². The molecule has 0 unspecified atom stereocenters. The molecule has 0 saturated heterocycles. The van der Waals surface area contributed by atoms with Crippen LogP contribution in [0.5, 0.6) is 5.75 Å². The summed E-state index contributed by atoms with van der Waals surface area (Å²) in [6, 6.07) is 5.71. The number of aryl methyl sites for hydroxylation is 1. The highest BCUT2D eigenvalue weighted by atomic mass is 16.5. The topological polar surface area (TPSA) is 67.4 Å². The van der Waals surface area contributed by atoms with E-state index >= 15 is 0 Å². The smallest absolute Gasteiger partial charge is 0.244 e. The van der Waals surface area contributed by atoms with E-state index in [-0.39, 0.29) is 18.4 Å². The van der Waals surface area contributed by atoms with E-state index in [0.29, 0.717) is 12.3 Å². The van der Waals surface area contributed by atoms with Gasteiger partial charge in [0.05, 0.1) is 13.7 Å². The first-order valence-electron chi connectivity index (χ1n) is 6.44. The predicted octanol–water partition coefficient (Wildman–Crippen LogP) is 1.27. The van der Waals surface area contributed by atoms with E-state index in [2.05, 4.69) is 10.6 Å². The van der Waals surface area contributed by atoms with Crippen LogP contribution >= 0.6 is 0 Å². The summed E-state index contributed by atoms with van der Waals surface area (Å²) in [4.78, 5) is 22.8. The van der Waals surface area contributed by atoms with E-state index in [9.17, 15) is 9.59 Å². The minimum atomic E-state index is -0.320. The highest BCUT2D eigenvalue weighted by Gasteiger charge is 2.03. The zero-order valence-corrected chi connectivity index (χ0v) is 12.0. The SMILES string of the molecule is CCNC(=O)CNC(=O)/C=C/c1cc(C)ccc1OC. The molecule has 0 saturated carbocycles. The Kier molecular flexibility index (Phi) is 6.29. The molecule has 2 amide bonds. The summed E-state index contributed by atoms with van der Waals surface area (Å²) in [5.41, 5.74) is 1.90. The quantitative estimate of drug-likeness (QED) is 0.769. The van der Waals surface area contributed by atoms with Gasteiger partial charge in [0, 0.05) is 18.2 Å². The average molecular weight is 276 g/mol. The monoisotopic (exact) mass is 276 g/mol. The number of rotatable bonds is 6. The fourth-order valence-corrected chi connectivity index (χ4v) is 1.64. The maximum atomic E-state index is 11.6. The predicted molar refractivity (Wildman–Crippen MR) is 78.5 cm³/mol. The molecule has 0 bridgehead atoms. The van der Waals surface area contributed by atoms with Crippen LogP contribution in [0.3, 0.4) is 0 Å². The first-order valence-corrected chi connectivity index (χ1v) is 6.44. The van der Waals surface area contributed by atoms with E-state index in [0.717, 1.165) is 11.1 Å². The molecule has 0 aliphatic heterocycles. The van der Waals surface area contributed by atoms with Crippen molar-refractivity contribution in [1.29, 1.82) is 0 Å². The lowest BCUT2D eigenvalue weighted by Crippen LogP contribution is -2.35. The number of amides is 2. The number of ether oxygens (including phenoxy) is 1. The third-order valence-corrected chi connectivity index (χ3v) is 2.60. The fourth-order valence-electron chi connectivity index (χ4n) is 1.64. The second-order valence-corrected chi connectivity index (χ2v) is 4.25. The second kappa shape index (κ2) is 7.99. The number of hydrogen-bond donors (Lipinski definition) is 2. The van der Waals surface area contributed by atoms with Crippen molar-refractivity contribution in [2.75, 3.05) is 20.2 Å². The van der Waals surface area contributed by atoms with Gasteiger partial charge in [-0.25, -0.2) is 0 Å². The molecule has 1 rings (SSSR count). The number of hydrogen-bond acceptors (Lipinski definition) is 3. The van der Waals surface area contributed by atoms with Crippen LogP contribution in [0.25, 0.3) is 6.08 Å². The van der Waals surface area contributed by atoms with Crippen LogP contribution in [-0.2, 0) is 9.59 Å². The van der Waals surface area contributed by atoms with Crippen molar-refractivity contribution in [2.45, 2.75) is 13.8 Å². The molecule has 20 heavy (non-hydrogen) atoms. The van der Waals surface area contributed by atoms with Crippen molar-refractivity contribution in [3.8, 4) is 5.75 Å². The Hall–Kier alpha value is -2.30. The Morgan fingerprint density at radius 3 is 2.70 bits per heavy atom. The van der Waals surface area contributed by atoms with E-state index in [4.69, 9.17) is 4.74 Å². The van der Waals surface area contributed by atoms with Crippen LogP contribution in [0.15, 0.2) is 24.3 Å². The van der Waals surface area contributed by atoms with Gasteiger partial charge in [-0.3, -0.25) is 9.59 Å². The van der Waals surface area contributed by atoms with E-state index in [1.807, 2.05) is 32.0 Å². The molecule has 0 fully saturated rings. The number of carbonyl (C=O) groups is 2. The molecule has 0 aromatic heterocycles. The van der Waals surface area contributed by atoms with Gasteiger partial charge in [0.1, 0.15) is 5.75 Å². The minimum Gasteiger partial charge on any atom is -0.496 e. The summed E-state index contributed by atoms with van der Waals surface area (Å²) in [6.45, 7) is 4.31. The van der Waals surface area contributed by atoms with Crippen molar-refractivity contribution >= 4 is 17.9 Å². The standard InChI is InChI=1S/C15H20N2O3/c1-4-16-15(19)10-17-14(18)8-6-12-9-11(2)5-7-13(12)20-3/h5-9H,4,10H2,1-3H3,(H,16,19)(H,17,18)/b8-6+. The normalized spacial score (nSPS) is 10.3. The Balaban J connectivity index is 2.61. The Bertz CT molecular complexity index is 510. The largest absolute Gasteiger partial charge is 0.496 e. The van der Waals surface area contributed by atoms with Crippen LogP contribution < -0.4 is 15.4 Å². The molecule has 0 radical (unpaired) electrons. The van der Waals surface area contributed by atoms with E-state index in [1.165, 1.54) is 6.08 Å². The van der Waals surface area contributed by atoms with Crippen LogP contribution in [0.4, 0.5) is 0 Å². The Labute approximate surface area is 119 Å². The average Bonchev–Trinajstić information content (AvgIpc) is 2.43. The lowest BCUT2D eigenvalue weighted by atomic mass is 10.1. The summed E-state index contributed by atoms with van der Waals surface area (Å²) >= 11 is 0. The van der Waals surface area contributed by atoms with Gasteiger partial charge in [-0.1, -0.05) is 11.6 Å². The third-order valence-electron chi connectivity index (χ3n) is 2.60. The van der Waals surface area contributed by atoms with Crippen LogP contribution in [0.2, 0.25) is 0 Å². The Morgan fingerprint density at radius 1 is 1.30 bits per heavy atom. The molecule has 5 heteroatoms. The molecule has 0 spiro atoms. The molecule has 2 N–H and O–H groups in total. The molecule has 0 aliphatic rings. The zero-order chi connectivity index (χ0) is 15.0. The van der Waals surface area contributed by atoms with E-state index in [1.54, 1.807) is 13.2 Å².